The summed E-state index contributed by atoms with van der Waals surface area (Å²) in [6, 6.07) is 0. The Morgan fingerprint density at radius 1 is 1.30 bits per heavy atom. The first kappa shape index (κ1) is 11.8. The molecule has 0 radical (unpaired) electrons. The van der Waals surface area contributed by atoms with Gasteiger partial charge in [-0.15, -0.1) is 0 Å². The van der Waals surface area contributed by atoms with Gasteiger partial charge >= 0.3 is 14.3 Å². The first-order chi connectivity index (χ1) is 4.47. The van der Waals surface area contributed by atoms with E-state index in [1.807, 2.05) is 0 Å². The predicted octanol–water partition coefficient (Wildman–Crippen LogP) is -1.05. The molecule has 0 atom stereocenters. The first-order valence-corrected chi connectivity index (χ1v) is 3.26. The van der Waals surface area contributed by atoms with E-state index in [0.29, 0.717) is 0 Å². The van der Waals surface area contributed by atoms with Crippen molar-refractivity contribution in [1.82, 2.24) is 0 Å². The van der Waals surface area contributed by atoms with Crippen molar-refractivity contribution in [3.8, 4) is 0 Å². The zero-order valence-corrected chi connectivity index (χ0v) is 5.47. The van der Waals surface area contributed by atoms with Gasteiger partial charge in [0.25, 0.3) is 6.47 Å². The molecule has 7 nitrogen and oxygen atoms in total. The van der Waals surface area contributed by atoms with Crippen LogP contribution in [0.2, 0.25) is 0 Å². The SMILES string of the molecule is O=CO.O=COP(=O)(O)O. The molecule has 3 N–H and O–H groups in total. The quantitative estimate of drug-likeness (QED) is 0.359. The lowest BCUT2D eigenvalue weighted by Crippen LogP contribution is -1.81. The minimum Gasteiger partial charge on any atom is -0.483 e. The van der Waals surface area contributed by atoms with E-state index in [-0.39, 0.29) is 12.9 Å². The van der Waals surface area contributed by atoms with Crippen LogP contribution in [-0.2, 0) is 18.7 Å². The van der Waals surface area contributed by atoms with Gasteiger partial charge in [0.05, 0.1) is 0 Å². The summed E-state index contributed by atoms with van der Waals surface area (Å²) in [6.07, 6.45) is 0. The first-order valence-electron chi connectivity index (χ1n) is 1.73. The standard InChI is InChI=1S/CH3O5P.CH2O2/c2-1-6-7(3,4)5;2-1-3/h1H,(H2,3,4,5);1H,(H,2,3). The molecule has 0 heterocycles. The molecule has 0 unspecified atom stereocenters. The number of rotatable bonds is 2. The summed E-state index contributed by atoms with van der Waals surface area (Å²) < 4.78 is 12.7. The molecule has 0 aromatic heterocycles. The van der Waals surface area contributed by atoms with Gasteiger partial charge in [0.15, 0.2) is 0 Å². The number of carbonyl (C=O) groups excluding carboxylic acids is 1. The van der Waals surface area contributed by atoms with Gasteiger partial charge in [0.2, 0.25) is 0 Å². The summed E-state index contributed by atoms with van der Waals surface area (Å²) in [7, 11) is -4.53. The topological polar surface area (TPSA) is 121 Å². The third kappa shape index (κ3) is 27.5. The van der Waals surface area contributed by atoms with Crippen molar-refractivity contribution in [2.45, 2.75) is 0 Å². The van der Waals surface area contributed by atoms with Crippen molar-refractivity contribution in [3.05, 3.63) is 0 Å². The summed E-state index contributed by atoms with van der Waals surface area (Å²) in [4.78, 5) is 32.8. The Balaban J connectivity index is 0. The molecular formula is C2H5O7P. The molecule has 10 heavy (non-hydrogen) atoms. The number of hydrogen-bond donors (Lipinski definition) is 3. The zero-order valence-electron chi connectivity index (χ0n) is 4.58. The van der Waals surface area contributed by atoms with Gasteiger partial charge in [-0.2, -0.15) is 0 Å². The second-order valence-electron chi connectivity index (χ2n) is 0.798. The van der Waals surface area contributed by atoms with E-state index in [1.54, 1.807) is 0 Å². The number of phosphoric acid groups is 1. The van der Waals surface area contributed by atoms with Gasteiger partial charge < -0.3 is 9.63 Å². The number of carboxylic acid groups (broad SMARTS) is 1. The zero-order chi connectivity index (χ0) is 8.62. The minimum absolute atomic E-state index is 0.250. The Bertz CT molecular complexity index is 135. The van der Waals surface area contributed by atoms with Crippen LogP contribution in [0.1, 0.15) is 0 Å². The highest BCUT2D eigenvalue weighted by molar-refractivity contribution is 7.46. The fourth-order valence-corrected chi connectivity index (χ4v) is 0.168. The molecule has 0 aliphatic rings. The number of carbonyl (C=O) groups is 2. The summed E-state index contributed by atoms with van der Waals surface area (Å²) in [5, 5.41) is 6.89. The Morgan fingerprint density at radius 3 is 1.60 bits per heavy atom. The van der Waals surface area contributed by atoms with E-state index in [0.717, 1.165) is 0 Å². The van der Waals surface area contributed by atoms with Gasteiger partial charge in [-0.05, 0) is 0 Å². The van der Waals surface area contributed by atoms with Crippen LogP contribution < -0.4 is 0 Å². The Kier molecular flexibility index (Phi) is 7.35. The third-order valence-electron chi connectivity index (χ3n) is 0.180. The molecule has 8 heteroatoms. The van der Waals surface area contributed by atoms with Crippen LogP contribution in [0.3, 0.4) is 0 Å². The van der Waals surface area contributed by atoms with Crippen molar-refractivity contribution < 1.29 is 33.6 Å². The van der Waals surface area contributed by atoms with Crippen molar-refractivity contribution in [2.75, 3.05) is 0 Å². The maximum atomic E-state index is 9.47. The van der Waals surface area contributed by atoms with Crippen molar-refractivity contribution in [2.24, 2.45) is 0 Å². The molecule has 0 bridgehead atoms. The van der Waals surface area contributed by atoms with Crippen LogP contribution in [0.15, 0.2) is 0 Å². The highest BCUT2D eigenvalue weighted by Crippen LogP contribution is 2.33. The van der Waals surface area contributed by atoms with Gasteiger partial charge in [-0.25, -0.2) is 4.57 Å². The van der Waals surface area contributed by atoms with Gasteiger partial charge in [-0.3, -0.25) is 19.4 Å². The van der Waals surface area contributed by atoms with E-state index < -0.39 is 7.82 Å². The van der Waals surface area contributed by atoms with E-state index in [4.69, 9.17) is 24.5 Å². The highest BCUT2D eigenvalue weighted by Gasteiger charge is 2.11. The molecule has 0 rings (SSSR count). The van der Waals surface area contributed by atoms with Crippen molar-refractivity contribution in [3.63, 3.8) is 0 Å². The van der Waals surface area contributed by atoms with Crippen LogP contribution >= 0.6 is 7.82 Å². The summed E-state index contributed by atoms with van der Waals surface area (Å²) in [6.45, 7) is -0.555. The molecule has 0 aromatic rings. The fourth-order valence-electron chi connectivity index (χ4n) is 0.0561. The van der Waals surface area contributed by atoms with Gasteiger partial charge in [0.1, 0.15) is 0 Å². The maximum absolute atomic E-state index is 9.47. The van der Waals surface area contributed by atoms with E-state index >= 15 is 0 Å². The third-order valence-corrected chi connectivity index (χ3v) is 0.541. The molecule has 0 aliphatic heterocycles. The molecule has 0 aromatic carbocycles. The second-order valence-corrected chi connectivity index (χ2v) is 1.99. The van der Waals surface area contributed by atoms with Crippen LogP contribution in [0.4, 0.5) is 0 Å². The maximum Gasteiger partial charge on any atom is 0.526 e. The summed E-state index contributed by atoms with van der Waals surface area (Å²) in [5.74, 6) is 0. The monoisotopic (exact) mass is 172 g/mol. The normalized spacial score (nSPS) is 8.60. The molecule has 0 saturated carbocycles. The summed E-state index contributed by atoms with van der Waals surface area (Å²) in [5.41, 5.74) is 0. The lowest BCUT2D eigenvalue weighted by atomic mass is 11.7. The number of hydrogen-bond acceptors (Lipinski definition) is 4. The summed E-state index contributed by atoms with van der Waals surface area (Å²) >= 11 is 0. The molecule has 0 amide bonds. The molecule has 0 fully saturated rings. The Morgan fingerprint density at radius 2 is 1.60 bits per heavy atom. The lowest BCUT2D eigenvalue weighted by molar-refractivity contribution is -0.123. The van der Waals surface area contributed by atoms with Gasteiger partial charge in [0, 0.05) is 0 Å². The average molecular weight is 172 g/mol. The van der Waals surface area contributed by atoms with Crippen LogP contribution in [0.5, 0.6) is 0 Å². The van der Waals surface area contributed by atoms with Crippen molar-refractivity contribution in [1.29, 1.82) is 0 Å². The van der Waals surface area contributed by atoms with Gasteiger partial charge in [-0.1, -0.05) is 0 Å². The minimum atomic E-state index is -4.53. The van der Waals surface area contributed by atoms with E-state index in [1.165, 1.54) is 0 Å². The van der Waals surface area contributed by atoms with Crippen LogP contribution in [0, 0.1) is 0 Å². The predicted molar refractivity (Wildman–Crippen MR) is 27.9 cm³/mol. The molecule has 0 saturated heterocycles. The average Bonchev–Trinajstić information content (AvgIpc) is 1.63. The van der Waals surface area contributed by atoms with E-state index in [2.05, 4.69) is 4.52 Å². The van der Waals surface area contributed by atoms with Crippen molar-refractivity contribution >= 4 is 20.8 Å². The highest BCUT2D eigenvalue weighted by atomic mass is 31.2. The second kappa shape index (κ2) is 6.21. The number of phosphoric ester groups is 1. The Labute approximate surface area is 55.5 Å². The Hall–Kier alpha value is -0.910. The van der Waals surface area contributed by atoms with Crippen LogP contribution in [0.25, 0.3) is 0 Å². The molecular weight excluding hydrogens is 167 g/mol. The van der Waals surface area contributed by atoms with Crippen LogP contribution in [-0.4, -0.2) is 27.8 Å². The smallest absolute Gasteiger partial charge is 0.483 e. The molecule has 60 valence electrons. The largest absolute Gasteiger partial charge is 0.526 e. The molecule has 0 aliphatic carbocycles. The van der Waals surface area contributed by atoms with E-state index in [9.17, 15) is 4.57 Å². The lowest BCUT2D eigenvalue weighted by Gasteiger charge is -1.93. The molecule has 0 spiro atoms. The fraction of sp³-hybridized carbons (Fsp3) is 0.